The van der Waals surface area contributed by atoms with Crippen molar-refractivity contribution < 1.29 is 17.9 Å². The van der Waals surface area contributed by atoms with Crippen molar-refractivity contribution in [1.29, 1.82) is 0 Å². The first kappa shape index (κ1) is 16.7. The van der Waals surface area contributed by atoms with Gasteiger partial charge in [0.25, 0.3) is 0 Å². The highest BCUT2D eigenvalue weighted by atomic mass is 32.2. The van der Waals surface area contributed by atoms with Gasteiger partial charge in [-0.25, -0.2) is 9.97 Å². The zero-order valence-corrected chi connectivity index (χ0v) is 12.1. The Morgan fingerprint density at radius 1 is 1.20 bits per heavy atom. The highest BCUT2D eigenvalue weighted by Crippen LogP contribution is 2.31. The molecular formula is C11H17F3N4OS. The number of anilines is 2. The molecule has 0 amide bonds. The first-order chi connectivity index (χ1) is 9.48. The van der Waals surface area contributed by atoms with Crippen LogP contribution in [0.2, 0.25) is 0 Å². The molecule has 1 rings (SSSR count). The molecule has 0 radical (unpaired) electrons. The zero-order chi connectivity index (χ0) is 15.0. The molecule has 114 valence electrons. The predicted octanol–water partition coefficient (Wildman–Crippen LogP) is 2.97. The molecule has 0 fully saturated rings. The number of halogens is 3. The molecule has 0 aliphatic rings. The van der Waals surface area contributed by atoms with E-state index in [-0.39, 0.29) is 24.1 Å². The molecule has 1 heterocycles. The summed E-state index contributed by atoms with van der Waals surface area (Å²) in [6.45, 7) is 2.86. The summed E-state index contributed by atoms with van der Waals surface area (Å²) in [6, 6.07) is 0. The van der Waals surface area contributed by atoms with Crippen LogP contribution < -0.4 is 15.4 Å². The number of alkyl halides is 3. The standard InChI is InChI=1S/C11H17F3N4OS/c1-3-4-15-9-8(19-2)10(18-7-17-9)16-5-6-20-11(12,13)14/h7H,3-6H2,1-2H3,(H2,15,16,17,18). The van der Waals surface area contributed by atoms with E-state index in [0.29, 0.717) is 17.4 Å². The van der Waals surface area contributed by atoms with Crippen molar-refractivity contribution in [3.8, 4) is 5.75 Å². The summed E-state index contributed by atoms with van der Waals surface area (Å²) in [5.74, 6) is 1.20. The number of hydrogen-bond donors (Lipinski definition) is 2. The molecule has 0 aliphatic heterocycles. The Labute approximate surface area is 119 Å². The van der Waals surface area contributed by atoms with Crippen molar-refractivity contribution in [3.05, 3.63) is 6.33 Å². The fraction of sp³-hybridized carbons (Fsp3) is 0.636. The Morgan fingerprint density at radius 3 is 2.30 bits per heavy atom. The second-order valence-electron chi connectivity index (χ2n) is 3.75. The normalized spacial score (nSPS) is 11.2. The maximum absolute atomic E-state index is 12.0. The van der Waals surface area contributed by atoms with Crippen molar-refractivity contribution in [3.63, 3.8) is 0 Å². The molecule has 0 spiro atoms. The third-order valence-electron chi connectivity index (χ3n) is 2.21. The van der Waals surface area contributed by atoms with Crippen LogP contribution in [0.25, 0.3) is 0 Å². The largest absolute Gasteiger partial charge is 0.490 e. The third kappa shape index (κ3) is 5.72. The number of ether oxygens (including phenoxy) is 1. The van der Waals surface area contributed by atoms with Gasteiger partial charge < -0.3 is 15.4 Å². The van der Waals surface area contributed by atoms with Gasteiger partial charge in [0, 0.05) is 18.8 Å². The SMILES string of the molecule is CCCNc1ncnc(NCCSC(F)(F)F)c1OC. The van der Waals surface area contributed by atoms with Crippen LogP contribution in [-0.2, 0) is 0 Å². The fourth-order valence-corrected chi connectivity index (χ4v) is 1.83. The average molecular weight is 310 g/mol. The number of hydrogen-bond acceptors (Lipinski definition) is 6. The third-order valence-corrected chi connectivity index (χ3v) is 2.95. The molecule has 0 atom stereocenters. The van der Waals surface area contributed by atoms with Crippen LogP contribution >= 0.6 is 11.8 Å². The van der Waals surface area contributed by atoms with E-state index in [9.17, 15) is 13.2 Å². The van der Waals surface area contributed by atoms with Crippen molar-refractivity contribution >= 4 is 23.4 Å². The van der Waals surface area contributed by atoms with Gasteiger partial charge in [0.1, 0.15) is 6.33 Å². The van der Waals surface area contributed by atoms with Gasteiger partial charge in [-0.15, -0.1) is 0 Å². The lowest BCUT2D eigenvalue weighted by atomic mass is 10.4. The highest BCUT2D eigenvalue weighted by molar-refractivity contribution is 8.00. The molecular weight excluding hydrogens is 293 g/mol. The molecule has 0 aliphatic carbocycles. The highest BCUT2D eigenvalue weighted by Gasteiger charge is 2.27. The van der Waals surface area contributed by atoms with Gasteiger partial charge in [0.15, 0.2) is 11.6 Å². The van der Waals surface area contributed by atoms with Crippen molar-refractivity contribution in [2.24, 2.45) is 0 Å². The van der Waals surface area contributed by atoms with E-state index in [0.717, 1.165) is 13.0 Å². The first-order valence-corrected chi connectivity index (χ1v) is 7.04. The van der Waals surface area contributed by atoms with Crippen LogP contribution in [0.1, 0.15) is 13.3 Å². The number of thioether (sulfide) groups is 1. The van der Waals surface area contributed by atoms with Gasteiger partial charge in [-0.2, -0.15) is 13.2 Å². The monoisotopic (exact) mass is 310 g/mol. The van der Waals surface area contributed by atoms with Crippen molar-refractivity contribution in [2.75, 3.05) is 36.6 Å². The van der Waals surface area contributed by atoms with Gasteiger partial charge in [-0.05, 0) is 18.2 Å². The Bertz CT molecular complexity index is 417. The molecule has 0 aromatic carbocycles. The summed E-state index contributed by atoms with van der Waals surface area (Å²) in [5.41, 5.74) is -4.22. The lowest BCUT2D eigenvalue weighted by Gasteiger charge is -2.14. The first-order valence-electron chi connectivity index (χ1n) is 6.05. The Kier molecular flexibility index (Phi) is 6.69. The molecule has 0 saturated heterocycles. The Morgan fingerprint density at radius 2 is 1.80 bits per heavy atom. The zero-order valence-electron chi connectivity index (χ0n) is 11.3. The van der Waals surface area contributed by atoms with Gasteiger partial charge in [0.05, 0.1) is 7.11 Å². The number of methoxy groups -OCH3 is 1. The maximum Gasteiger partial charge on any atom is 0.441 e. The molecule has 5 nitrogen and oxygen atoms in total. The molecule has 0 bridgehead atoms. The minimum absolute atomic E-state index is 0.0780. The summed E-state index contributed by atoms with van der Waals surface area (Å²) >= 11 is -0.0780. The van der Waals surface area contributed by atoms with Gasteiger partial charge in [0.2, 0.25) is 5.75 Å². The van der Waals surface area contributed by atoms with E-state index < -0.39 is 5.51 Å². The van der Waals surface area contributed by atoms with Crippen LogP contribution in [0.15, 0.2) is 6.33 Å². The van der Waals surface area contributed by atoms with Crippen LogP contribution in [-0.4, -0.2) is 41.4 Å². The van der Waals surface area contributed by atoms with E-state index >= 15 is 0 Å². The van der Waals surface area contributed by atoms with E-state index in [1.165, 1.54) is 13.4 Å². The maximum atomic E-state index is 12.0. The van der Waals surface area contributed by atoms with E-state index in [1.807, 2.05) is 6.92 Å². The summed E-state index contributed by atoms with van der Waals surface area (Å²) in [6.07, 6.45) is 2.25. The molecule has 0 unspecified atom stereocenters. The molecule has 20 heavy (non-hydrogen) atoms. The lowest BCUT2D eigenvalue weighted by molar-refractivity contribution is -0.0327. The van der Waals surface area contributed by atoms with Crippen LogP contribution in [0, 0.1) is 0 Å². The summed E-state index contributed by atoms with van der Waals surface area (Å²) in [7, 11) is 1.46. The van der Waals surface area contributed by atoms with Crippen LogP contribution in [0.3, 0.4) is 0 Å². The molecule has 9 heteroatoms. The number of nitrogens with one attached hydrogen (secondary N) is 2. The Balaban J connectivity index is 2.60. The predicted molar refractivity (Wildman–Crippen MR) is 74.4 cm³/mol. The number of rotatable bonds is 8. The number of aromatic nitrogens is 2. The van der Waals surface area contributed by atoms with Gasteiger partial charge in [-0.1, -0.05) is 6.92 Å². The minimum Gasteiger partial charge on any atom is -0.490 e. The lowest BCUT2D eigenvalue weighted by Crippen LogP contribution is -2.12. The van der Waals surface area contributed by atoms with Gasteiger partial charge in [-0.3, -0.25) is 0 Å². The smallest absolute Gasteiger partial charge is 0.441 e. The van der Waals surface area contributed by atoms with Crippen molar-refractivity contribution in [1.82, 2.24) is 9.97 Å². The Hall–Kier alpha value is -1.38. The van der Waals surface area contributed by atoms with Crippen molar-refractivity contribution in [2.45, 2.75) is 18.9 Å². The van der Waals surface area contributed by atoms with Crippen LogP contribution in [0.4, 0.5) is 24.8 Å². The average Bonchev–Trinajstić information content (AvgIpc) is 2.40. The summed E-state index contributed by atoms with van der Waals surface area (Å²) < 4.78 is 41.2. The molecule has 2 N–H and O–H groups in total. The second kappa shape index (κ2) is 8.03. The molecule has 1 aromatic heterocycles. The number of nitrogens with zero attached hydrogens (tertiary/aromatic N) is 2. The van der Waals surface area contributed by atoms with E-state index in [1.54, 1.807) is 0 Å². The van der Waals surface area contributed by atoms with Gasteiger partial charge >= 0.3 is 5.51 Å². The minimum atomic E-state index is -4.22. The van der Waals surface area contributed by atoms with Crippen LogP contribution in [0.5, 0.6) is 5.75 Å². The summed E-state index contributed by atoms with van der Waals surface area (Å²) in [4.78, 5) is 8.02. The summed E-state index contributed by atoms with van der Waals surface area (Å²) in [5, 5.41) is 5.88. The van der Waals surface area contributed by atoms with E-state index in [4.69, 9.17) is 4.74 Å². The quantitative estimate of drug-likeness (QED) is 0.720. The molecule has 0 saturated carbocycles. The van der Waals surface area contributed by atoms with E-state index in [2.05, 4.69) is 20.6 Å². The fourth-order valence-electron chi connectivity index (χ4n) is 1.40. The topological polar surface area (TPSA) is 59.1 Å². The molecule has 1 aromatic rings. The second-order valence-corrected chi connectivity index (χ2v) is 4.91.